The number of nitrogens with zero attached hydrogens (tertiary/aromatic N) is 6. The van der Waals surface area contributed by atoms with Crippen LogP contribution in [0.2, 0.25) is 0 Å². The highest BCUT2D eigenvalue weighted by molar-refractivity contribution is 7.22. The normalized spacial score (nSPS) is 11.3. The van der Waals surface area contributed by atoms with E-state index in [9.17, 15) is 33.3 Å². The minimum Gasteiger partial charge on any atom is -0.479 e. The molecule has 0 amide bonds. The van der Waals surface area contributed by atoms with Crippen molar-refractivity contribution < 1.29 is 28.3 Å². The molecule has 44 heavy (non-hydrogen) atoms. The summed E-state index contributed by atoms with van der Waals surface area (Å²) in [5.74, 6) is -3.48. The maximum Gasteiger partial charge on any atom is 0.341 e. The molecule has 0 bridgehead atoms. The molecule has 0 fully saturated rings. The van der Waals surface area contributed by atoms with E-state index in [0.717, 1.165) is 28.0 Å². The smallest absolute Gasteiger partial charge is 0.341 e. The second-order valence-corrected chi connectivity index (χ2v) is 10.8. The fourth-order valence-corrected chi connectivity index (χ4v) is 5.83. The molecule has 0 saturated heterocycles. The lowest BCUT2D eigenvalue weighted by Crippen LogP contribution is -2.39. The molecule has 1 N–H and O–H groups in total. The van der Waals surface area contributed by atoms with Gasteiger partial charge >= 0.3 is 11.7 Å². The predicted molar refractivity (Wildman–Crippen MR) is 155 cm³/mol. The molecule has 0 aliphatic heterocycles. The van der Waals surface area contributed by atoms with E-state index >= 15 is 0 Å². The van der Waals surface area contributed by atoms with Gasteiger partial charge in [-0.15, -0.1) is 21.5 Å². The number of hydrogen-bond donors (Lipinski definition) is 1. The third-order valence-electron chi connectivity index (χ3n) is 6.46. The SMILES string of the molecule is CN(C)Cc1c(-c2ccc([N+](=O)[O-])cc2)sc2c1c(=O)n(-c1ccc(OCC(=O)O)nn1)c(=O)n2Cc1c(F)cccc1F. The van der Waals surface area contributed by atoms with E-state index in [1.54, 1.807) is 19.0 Å². The Balaban J connectivity index is 1.81. The van der Waals surface area contributed by atoms with Crippen molar-refractivity contribution in [3.05, 3.63) is 108 Å². The molecule has 16 heteroatoms. The van der Waals surface area contributed by atoms with Gasteiger partial charge in [0.2, 0.25) is 5.88 Å². The number of nitro groups is 1. The number of hydrogen-bond acceptors (Lipinski definition) is 10. The van der Waals surface area contributed by atoms with Gasteiger partial charge in [-0.2, -0.15) is 0 Å². The predicted octanol–water partition coefficient (Wildman–Crippen LogP) is 3.43. The molecular formula is C28H22F2N6O7S. The number of aliphatic carboxylic acids is 1. The summed E-state index contributed by atoms with van der Waals surface area (Å²) in [5.41, 5.74) is -1.32. The fourth-order valence-electron chi connectivity index (χ4n) is 4.53. The molecule has 5 rings (SSSR count). The minimum atomic E-state index is -1.25. The van der Waals surface area contributed by atoms with Gasteiger partial charge in [0.1, 0.15) is 16.5 Å². The molecule has 13 nitrogen and oxygen atoms in total. The Morgan fingerprint density at radius 1 is 1.05 bits per heavy atom. The maximum atomic E-state index is 14.8. The van der Waals surface area contributed by atoms with Gasteiger partial charge in [0.25, 0.3) is 11.2 Å². The van der Waals surface area contributed by atoms with Crippen LogP contribution in [0.5, 0.6) is 5.88 Å². The molecule has 0 aliphatic rings. The summed E-state index contributed by atoms with van der Waals surface area (Å²) in [5, 5.41) is 27.8. The third-order valence-corrected chi connectivity index (χ3v) is 7.77. The maximum absolute atomic E-state index is 14.8. The first kappa shape index (κ1) is 30.1. The first-order valence-corrected chi connectivity index (χ1v) is 13.6. The van der Waals surface area contributed by atoms with Gasteiger partial charge in [0.05, 0.1) is 16.9 Å². The topological polar surface area (TPSA) is 163 Å². The summed E-state index contributed by atoms with van der Waals surface area (Å²) >= 11 is 1.03. The molecule has 0 spiro atoms. The Kier molecular flexibility index (Phi) is 8.28. The molecular weight excluding hydrogens is 602 g/mol. The first-order valence-electron chi connectivity index (χ1n) is 12.8. The molecule has 5 aromatic rings. The van der Waals surface area contributed by atoms with Crippen LogP contribution in [0.15, 0.2) is 64.2 Å². The van der Waals surface area contributed by atoms with E-state index in [1.807, 2.05) is 0 Å². The lowest BCUT2D eigenvalue weighted by molar-refractivity contribution is -0.384. The molecule has 0 saturated carbocycles. The summed E-state index contributed by atoms with van der Waals surface area (Å²) in [6.45, 7) is -1.08. The van der Waals surface area contributed by atoms with Crippen LogP contribution < -0.4 is 16.0 Å². The fraction of sp³-hybridized carbons (Fsp3) is 0.179. The number of carbonyl (C=O) groups is 1. The second kappa shape index (κ2) is 12.1. The van der Waals surface area contributed by atoms with Gasteiger partial charge in [-0.05, 0) is 55.6 Å². The molecule has 226 valence electrons. The van der Waals surface area contributed by atoms with E-state index in [0.29, 0.717) is 20.6 Å². The lowest BCUT2D eigenvalue weighted by atomic mass is 10.1. The van der Waals surface area contributed by atoms with Gasteiger partial charge < -0.3 is 14.7 Å². The van der Waals surface area contributed by atoms with Crippen molar-refractivity contribution in [3.63, 3.8) is 0 Å². The largest absolute Gasteiger partial charge is 0.479 e. The molecule has 0 atom stereocenters. The van der Waals surface area contributed by atoms with Crippen LogP contribution in [-0.2, 0) is 17.9 Å². The van der Waals surface area contributed by atoms with E-state index in [-0.39, 0.29) is 34.1 Å². The highest BCUT2D eigenvalue weighted by Gasteiger charge is 2.26. The number of rotatable bonds is 10. The van der Waals surface area contributed by atoms with Gasteiger partial charge in [0, 0.05) is 35.2 Å². The lowest BCUT2D eigenvalue weighted by Gasteiger charge is -2.14. The van der Waals surface area contributed by atoms with Crippen molar-refractivity contribution in [3.8, 4) is 22.1 Å². The zero-order valence-electron chi connectivity index (χ0n) is 23.1. The number of nitro benzene ring substituents is 1. The van der Waals surface area contributed by atoms with Gasteiger partial charge in [-0.1, -0.05) is 6.07 Å². The van der Waals surface area contributed by atoms with Crippen molar-refractivity contribution in [2.45, 2.75) is 13.1 Å². The monoisotopic (exact) mass is 624 g/mol. The minimum absolute atomic E-state index is 0.0707. The van der Waals surface area contributed by atoms with Gasteiger partial charge in [-0.3, -0.25) is 19.5 Å². The Morgan fingerprint density at radius 3 is 2.30 bits per heavy atom. The van der Waals surface area contributed by atoms with Gasteiger partial charge in [-0.25, -0.2) is 22.9 Å². The Morgan fingerprint density at radius 2 is 1.73 bits per heavy atom. The van der Waals surface area contributed by atoms with Crippen LogP contribution >= 0.6 is 11.3 Å². The van der Waals surface area contributed by atoms with Gasteiger partial charge in [0.15, 0.2) is 12.4 Å². The number of non-ortho nitro benzene ring substituents is 1. The van der Waals surface area contributed by atoms with Crippen molar-refractivity contribution in [2.75, 3.05) is 20.7 Å². The van der Waals surface area contributed by atoms with Crippen molar-refractivity contribution in [1.29, 1.82) is 0 Å². The Labute approximate surface area is 250 Å². The molecule has 0 aliphatic carbocycles. The van der Waals surface area contributed by atoms with E-state index < -0.39 is 52.5 Å². The van der Waals surface area contributed by atoms with Crippen molar-refractivity contribution in [2.24, 2.45) is 0 Å². The number of benzene rings is 2. The van der Waals surface area contributed by atoms with Crippen molar-refractivity contribution >= 4 is 33.2 Å². The van der Waals surface area contributed by atoms with E-state index in [4.69, 9.17) is 9.84 Å². The van der Waals surface area contributed by atoms with Crippen LogP contribution in [0.4, 0.5) is 14.5 Å². The zero-order chi connectivity index (χ0) is 31.7. The molecule has 0 radical (unpaired) electrons. The van der Waals surface area contributed by atoms with Crippen LogP contribution in [0, 0.1) is 21.7 Å². The summed E-state index contributed by atoms with van der Waals surface area (Å²) in [6.07, 6.45) is 0. The number of ether oxygens (including phenoxy) is 1. The summed E-state index contributed by atoms with van der Waals surface area (Å²) in [6, 6.07) is 11.4. The number of aromatic nitrogens is 4. The Bertz CT molecular complexity index is 2000. The third kappa shape index (κ3) is 5.80. The summed E-state index contributed by atoms with van der Waals surface area (Å²) < 4.78 is 36.4. The van der Waals surface area contributed by atoms with Crippen LogP contribution in [-0.4, -0.2) is 60.9 Å². The number of fused-ring (bicyclic) bond motifs is 1. The molecule has 3 aromatic heterocycles. The quantitative estimate of drug-likeness (QED) is 0.180. The molecule has 0 unspecified atom stereocenters. The first-order chi connectivity index (χ1) is 21.0. The standard InChI is InChI=1S/C28H22F2N6O7S/c1-33(2)12-18-24-26(39)35(21-10-11-22(32-31-21)43-14-23(37)38)28(40)34(13-17-19(29)4-3-5-20(17)30)27(24)44-25(18)15-6-8-16(9-7-15)36(41)42/h3-11H,12-14H2,1-2H3,(H,37,38). The number of carboxylic acid groups (broad SMARTS) is 1. The van der Waals surface area contributed by atoms with E-state index in [1.165, 1.54) is 42.5 Å². The molecule has 3 heterocycles. The number of thiophene rings is 1. The second-order valence-electron chi connectivity index (χ2n) is 9.75. The average molecular weight is 625 g/mol. The summed E-state index contributed by atoms with van der Waals surface area (Å²) in [4.78, 5) is 52.0. The zero-order valence-corrected chi connectivity index (χ0v) is 23.9. The average Bonchev–Trinajstić information content (AvgIpc) is 3.34. The van der Waals surface area contributed by atoms with Crippen molar-refractivity contribution in [1.82, 2.24) is 24.2 Å². The highest BCUT2D eigenvalue weighted by atomic mass is 32.1. The Hall–Kier alpha value is -5.35. The summed E-state index contributed by atoms with van der Waals surface area (Å²) in [7, 11) is 3.52. The van der Waals surface area contributed by atoms with Crippen LogP contribution in [0.25, 0.3) is 26.5 Å². The molecule has 2 aromatic carbocycles. The van der Waals surface area contributed by atoms with Crippen LogP contribution in [0.1, 0.15) is 11.1 Å². The number of halogens is 2. The van der Waals surface area contributed by atoms with Crippen LogP contribution in [0.3, 0.4) is 0 Å². The highest BCUT2D eigenvalue weighted by Crippen LogP contribution is 2.38. The van der Waals surface area contributed by atoms with E-state index in [2.05, 4.69) is 10.2 Å². The number of carboxylic acids is 1.